The molecule has 1 aromatic carbocycles. The van der Waals surface area contributed by atoms with Crippen LogP contribution in [0.3, 0.4) is 0 Å². The molecule has 1 fully saturated rings. The number of nitrogens with zero attached hydrogens (tertiary/aromatic N) is 4. The zero-order valence-electron chi connectivity index (χ0n) is 19.9. The minimum Gasteiger partial charge on any atom is -0.497 e. The summed E-state index contributed by atoms with van der Waals surface area (Å²) >= 11 is 0.945. The van der Waals surface area contributed by atoms with Crippen LogP contribution in [0.25, 0.3) is 0 Å². The zero-order valence-corrected chi connectivity index (χ0v) is 20.7. The van der Waals surface area contributed by atoms with Crippen molar-refractivity contribution in [2.75, 3.05) is 51.7 Å². The van der Waals surface area contributed by atoms with E-state index in [1.165, 1.54) is 0 Å². The molecule has 0 spiro atoms. The first-order chi connectivity index (χ1) is 16.4. The molecule has 2 N–H and O–H groups in total. The summed E-state index contributed by atoms with van der Waals surface area (Å²) in [5.41, 5.74) is 0.583. The normalized spacial score (nSPS) is 15.8. The fourth-order valence-corrected chi connectivity index (χ4v) is 4.50. The standard InChI is InChI=1S/C23H32N6O4S/c1-4-28(5-2)14-12-24-19(30)16-7-6-13-29(15-16)23(32)22-27-26-21(34-22)20(31)25-17-8-10-18(33-3)11-9-17/h8-11,16H,4-7,12-15H2,1-3H3,(H,24,30)(H,25,31)/t16-/m1/s1. The Morgan fingerprint density at radius 3 is 2.53 bits per heavy atom. The van der Waals surface area contributed by atoms with Gasteiger partial charge in [0.1, 0.15) is 5.75 Å². The van der Waals surface area contributed by atoms with E-state index in [1.54, 1.807) is 36.3 Å². The van der Waals surface area contributed by atoms with E-state index in [4.69, 9.17) is 4.74 Å². The van der Waals surface area contributed by atoms with E-state index in [-0.39, 0.29) is 27.7 Å². The number of carbonyl (C=O) groups is 3. The molecule has 0 radical (unpaired) electrons. The van der Waals surface area contributed by atoms with Gasteiger partial charge in [-0.3, -0.25) is 14.4 Å². The fraction of sp³-hybridized carbons (Fsp3) is 0.522. The van der Waals surface area contributed by atoms with Crippen LogP contribution in [0.1, 0.15) is 46.3 Å². The SMILES string of the molecule is CCN(CC)CCNC(=O)[C@@H]1CCCN(C(=O)c2nnc(C(=O)Nc3ccc(OC)cc3)s2)C1. The molecule has 11 heteroatoms. The summed E-state index contributed by atoms with van der Waals surface area (Å²) in [6, 6.07) is 6.89. The van der Waals surface area contributed by atoms with Crippen LogP contribution in [0.5, 0.6) is 5.75 Å². The van der Waals surface area contributed by atoms with Crippen LogP contribution < -0.4 is 15.4 Å². The van der Waals surface area contributed by atoms with Crippen molar-refractivity contribution in [1.29, 1.82) is 0 Å². The first-order valence-corrected chi connectivity index (χ1v) is 12.3. The molecule has 0 bridgehead atoms. The molecule has 1 aliphatic heterocycles. The first kappa shape index (κ1) is 25.6. The molecule has 2 heterocycles. The number of rotatable bonds is 10. The summed E-state index contributed by atoms with van der Waals surface area (Å²) in [4.78, 5) is 41.9. The average molecular weight is 489 g/mol. The Morgan fingerprint density at radius 2 is 1.85 bits per heavy atom. The van der Waals surface area contributed by atoms with Crippen molar-refractivity contribution in [2.45, 2.75) is 26.7 Å². The molecule has 1 aliphatic rings. The summed E-state index contributed by atoms with van der Waals surface area (Å²) in [6.07, 6.45) is 1.48. The molecule has 184 valence electrons. The van der Waals surface area contributed by atoms with Crippen LogP contribution in [0, 0.1) is 5.92 Å². The minimum atomic E-state index is -0.439. The largest absolute Gasteiger partial charge is 0.497 e. The summed E-state index contributed by atoms with van der Waals surface area (Å²) in [6.45, 7) is 8.36. The predicted molar refractivity (Wildman–Crippen MR) is 130 cm³/mol. The maximum absolute atomic E-state index is 13.0. The van der Waals surface area contributed by atoms with Crippen molar-refractivity contribution < 1.29 is 19.1 Å². The van der Waals surface area contributed by atoms with Gasteiger partial charge in [0.05, 0.1) is 13.0 Å². The third kappa shape index (κ3) is 6.73. The molecule has 1 saturated heterocycles. The number of benzene rings is 1. The van der Waals surface area contributed by atoms with Crippen molar-refractivity contribution >= 4 is 34.7 Å². The Morgan fingerprint density at radius 1 is 1.15 bits per heavy atom. The van der Waals surface area contributed by atoms with Crippen LogP contribution in [0.15, 0.2) is 24.3 Å². The van der Waals surface area contributed by atoms with Crippen LogP contribution in [0.4, 0.5) is 5.69 Å². The topological polar surface area (TPSA) is 117 Å². The lowest BCUT2D eigenvalue weighted by atomic mass is 9.97. The quantitative estimate of drug-likeness (QED) is 0.526. The number of anilines is 1. The van der Waals surface area contributed by atoms with Crippen LogP contribution in [-0.4, -0.2) is 84.1 Å². The molecule has 2 aromatic rings. The molecular weight excluding hydrogens is 456 g/mol. The molecule has 1 atom stereocenters. The van der Waals surface area contributed by atoms with Gasteiger partial charge in [-0.25, -0.2) is 0 Å². The number of nitrogens with one attached hydrogen (secondary N) is 2. The molecule has 0 aliphatic carbocycles. The number of ether oxygens (including phenoxy) is 1. The first-order valence-electron chi connectivity index (χ1n) is 11.5. The zero-order chi connectivity index (χ0) is 24.5. The van der Waals surface area contributed by atoms with Gasteiger partial charge in [0.25, 0.3) is 11.8 Å². The van der Waals surface area contributed by atoms with Crippen molar-refractivity contribution in [3.8, 4) is 5.75 Å². The predicted octanol–water partition coefficient (Wildman–Crippen LogP) is 2.11. The molecular formula is C23H32N6O4S. The lowest BCUT2D eigenvalue weighted by molar-refractivity contribution is -0.126. The Balaban J connectivity index is 1.54. The third-order valence-corrected chi connectivity index (χ3v) is 6.76. The number of hydrogen-bond donors (Lipinski definition) is 2. The summed E-state index contributed by atoms with van der Waals surface area (Å²) < 4.78 is 5.10. The van der Waals surface area contributed by atoms with Crippen LogP contribution in [0.2, 0.25) is 0 Å². The fourth-order valence-electron chi connectivity index (χ4n) is 3.79. The average Bonchev–Trinajstić information content (AvgIpc) is 3.37. The maximum Gasteiger partial charge on any atom is 0.286 e. The number of piperidine rings is 1. The van der Waals surface area contributed by atoms with Gasteiger partial charge < -0.3 is 25.2 Å². The van der Waals surface area contributed by atoms with E-state index < -0.39 is 5.91 Å². The van der Waals surface area contributed by atoms with Crippen molar-refractivity contribution in [2.24, 2.45) is 5.92 Å². The molecule has 10 nitrogen and oxygen atoms in total. The van der Waals surface area contributed by atoms with Gasteiger partial charge in [0.15, 0.2) is 0 Å². The number of amides is 3. The number of methoxy groups -OCH3 is 1. The number of hydrogen-bond acceptors (Lipinski definition) is 8. The molecule has 0 saturated carbocycles. The van der Waals surface area contributed by atoms with E-state index in [1.807, 2.05) is 0 Å². The number of likely N-dealkylation sites (tertiary alicyclic amines) is 1. The lowest BCUT2D eigenvalue weighted by Crippen LogP contribution is -2.46. The Labute approximate surface area is 203 Å². The highest BCUT2D eigenvalue weighted by Gasteiger charge is 2.30. The minimum absolute atomic E-state index is 0.0264. The van der Waals surface area contributed by atoms with E-state index in [0.29, 0.717) is 31.1 Å². The molecule has 3 rings (SSSR count). The molecule has 1 aromatic heterocycles. The van der Waals surface area contributed by atoms with E-state index in [9.17, 15) is 14.4 Å². The second-order valence-electron chi connectivity index (χ2n) is 8.00. The smallest absolute Gasteiger partial charge is 0.286 e. The molecule has 34 heavy (non-hydrogen) atoms. The molecule has 0 unspecified atom stereocenters. The lowest BCUT2D eigenvalue weighted by Gasteiger charge is -2.31. The maximum atomic E-state index is 13.0. The van der Waals surface area contributed by atoms with Crippen LogP contribution in [-0.2, 0) is 4.79 Å². The number of likely N-dealkylation sites (N-methyl/N-ethyl adjacent to an activating group) is 1. The summed E-state index contributed by atoms with van der Waals surface area (Å²) in [5.74, 6) is -0.340. The van der Waals surface area contributed by atoms with E-state index >= 15 is 0 Å². The third-order valence-electron chi connectivity index (χ3n) is 5.85. The number of aromatic nitrogens is 2. The van der Waals surface area contributed by atoms with Gasteiger partial charge in [-0.05, 0) is 50.2 Å². The van der Waals surface area contributed by atoms with Gasteiger partial charge in [-0.2, -0.15) is 0 Å². The van der Waals surface area contributed by atoms with Gasteiger partial charge in [0.2, 0.25) is 15.9 Å². The van der Waals surface area contributed by atoms with E-state index in [0.717, 1.165) is 43.8 Å². The monoisotopic (exact) mass is 488 g/mol. The van der Waals surface area contributed by atoms with Gasteiger partial charge >= 0.3 is 0 Å². The van der Waals surface area contributed by atoms with E-state index in [2.05, 4.69) is 39.6 Å². The van der Waals surface area contributed by atoms with Crippen molar-refractivity contribution in [1.82, 2.24) is 25.3 Å². The highest BCUT2D eigenvalue weighted by atomic mass is 32.1. The highest BCUT2D eigenvalue weighted by Crippen LogP contribution is 2.21. The summed E-state index contributed by atoms with van der Waals surface area (Å²) in [7, 11) is 1.57. The summed E-state index contributed by atoms with van der Waals surface area (Å²) in [5, 5.41) is 13.8. The van der Waals surface area contributed by atoms with Crippen LogP contribution >= 0.6 is 11.3 Å². The second-order valence-corrected chi connectivity index (χ2v) is 8.98. The Bertz CT molecular complexity index is 976. The molecule has 3 amide bonds. The number of carbonyl (C=O) groups excluding carboxylic acids is 3. The van der Waals surface area contributed by atoms with Gasteiger partial charge in [-0.1, -0.05) is 25.2 Å². The van der Waals surface area contributed by atoms with Gasteiger partial charge in [0, 0.05) is 31.9 Å². The highest BCUT2D eigenvalue weighted by molar-refractivity contribution is 7.15. The Hall–Kier alpha value is -3.05. The van der Waals surface area contributed by atoms with Gasteiger partial charge in [-0.15, -0.1) is 10.2 Å². The van der Waals surface area contributed by atoms with Crippen molar-refractivity contribution in [3.05, 3.63) is 34.3 Å². The van der Waals surface area contributed by atoms with Crippen molar-refractivity contribution in [3.63, 3.8) is 0 Å². The second kappa shape index (κ2) is 12.4. The Kier molecular flexibility index (Phi) is 9.34.